The second-order valence-electron chi connectivity index (χ2n) is 15.6. The van der Waals surface area contributed by atoms with Crippen LogP contribution in [0.15, 0.2) is 12.1 Å². The molecule has 2 aliphatic heterocycles. The van der Waals surface area contributed by atoms with Crippen LogP contribution in [-0.2, 0) is 24.5 Å². The Balaban J connectivity index is 1.23. The molecule has 2 heterocycles. The van der Waals surface area contributed by atoms with E-state index in [1.54, 1.807) is 11.0 Å². The molecule has 0 aromatic heterocycles. The van der Waals surface area contributed by atoms with Gasteiger partial charge in [0.05, 0.1) is 24.2 Å². The van der Waals surface area contributed by atoms with Crippen molar-refractivity contribution >= 4 is 17.8 Å². The van der Waals surface area contributed by atoms with E-state index >= 15 is 0 Å². The van der Waals surface area contributed by atoms with Crippen LogP contribution in [0.5, 0.6) is 11.5 Å². The minimum Gasteiger partial charge on any atom is -0.477 e. The van der Waals surface area contributed by atoms with Crippen molar-refractivity contribution in [3.05, 3.63) is 23.3 Å². The van der Waals surface area contributed by atoms with Gasteiger partial charge in [-0.2, -0.15) is 0 Å². The number of carbonyl (C=O) groups is 3. The number of fused-ring (bicyclic) bond motifs is 1. The molecule has 12 heteroatoms. The highest BCUT2D eigenvalue weighted by molar-refractivity contribution is 5.90. The van der Waals surface area contributed by atoms with E-state index in [0.29, 0.717) is 89.5 Å². The van der Waals surface area contributed by atoms with Crippen LogP contribution in [0.4, 0.5) is 4.79 Å². The number of benzene rings is 1. The van der Waals surface area contributed by atoms with Crippen LogP contribution >= 0.6 is 0 Å². The van der Waals surface area contributed by atoms with Gasteiger partial charge in [-0.15, -0.1) is 0 Å². The molecule has 0 radical (unpaired) electrons. The van der Waals surface area contributed by atoms with Gasteiger partial charge in [0.2, 0.25) is 5.91 Å². The third-order valence-electron chi connectivity index (χ3n) is 11.6. The van der Waals surface area contributed by atoms with Crippen molar-refractivity contribution in [2.75, 3.05) is 65.7 Å². The highest BCUT2D eigenvalue weighted by Gasteiger charge is 2.70. The zero-order valence-corrected chi connectivity index (χ0v) is 32.3. The number of hydrogen-bond donors (Lipinski definition) is 3. The third kappa shape index (κ3) is 9.29. The molecule has 1 aromatic carbocycles. The molecular weight excluding hydrogens is 664 g/mol. The molecule has 2 amide bonds. The number of aryl methyl sites for hydroxylation is 1. The van der Waals surface area contributed by atoms with Crippen LogP contribution in [0.1, 0.15) is 103 Å². The van der Waals surface area contributed by atoms with E-state index in [0.717, 1.165) is 50.0 Å². The van der Waals surface area contributed by atoms with Gasteiger partial charge in [0.15, 0.2) is 23.4 Å². The van der Waals surface area contributed by atoms with E-state index in [2.05, 4.69) is 36.3 Å². The number of unbranched alkanes of at least 4 members (excludes halogenated alkanes) is 1. The Morgan fingerprint density at radius 3 is 2.54 bits per heavy atom. The topological polar surface area (TPSA) is 139 Å². The second kappa shape index (κ2) is 18.5. The highest BCUT2D eigenvalue weighted by atomic mass is 16.6. The lowest BCUT2D eigenvalue weighted by Gasteiger charge is -2.59. The maximum atomic E-state index is 13.9. The van der Waals surface area contributed by atoms with Gasteiger partial charge >= 0.3 is 6.09 Å². The number of Topliss-reactive ketones (excluding diaryl/α,β-unsaturated/α-hetero) is 1. The van der Waals surface area contributed by atoms with E-state index in [1.807, 2.05) is 19.9 Å². The molecule has 4 aliphatic rings. The molecule has 1 aromatic rings. The molecule has 52 heavy (non-hydrogen) atoms. The summed E-state index contributed by atoms with van der Waals surface area (Å²) >= 11 is 0. The van der Waals surface area contributed by atoms with Crippen LogP contribution in [0, 0.1) is 12.8 Å². The first kappa shape index (κ1) is 40.4. The Kier molecular flexibility index (Phi) is 14.4. The molecule has 3 fully saturated rings. The van der Waals surface area contributed by atoms with Gasteiger partial charge < -0.3 is 39.6 Å². The molecule has 2 aliphatic carbocycles. The van der Waals surface area contributed by atoms with E-state index in [4.69, 9.17) is 18.9 Å². The molecule has 1 saturated heterocycles. The van der Waals surface area contributed by atoms with Crippen LogP contribution in [0.2, 0.25) is 0 Å². The predicted molar refractivity (Wildman–Crippen MR) is 199 cm³/mol. The fourth-order valence-corrected chi connectivity index (χ4v) is 8.52. The summed E-state index contributed by atoms with van der Waals surface area (Å²) in [5.41, 5.74) is -0.325. The standard InChI is InChI=1S/C40H64N4O8/c1-6-49-25-26-50-24-8-7-11-34(46)42-20-10-22-43(21-9-19-41-28(2)3)38(47)51-33-15-12-29(4)35-36(33)52-37-32(45)16-17-40(48)30(5)44(27-31-13-14-31)23-18-39(35,37)40/h12,15,28,30-31,37,41,48H,6-11,13-14,16-27H2,1-5H3,(H,42,46)/t30-,37+,39+,40-/m1/s1. The Bertz CT molecular complexity index is 1370. The van der Waals surface area contributed by atoms with Crippen molar-refractivity contribution in [2.45, 2.75) is 128 Å². The lowest BCUT2D eigenvalue weighted by Crippen LogP contribution is -2.74. The number of rotatable bonds is 21. The average Bonchev–Trinajstić information content (AvgIpc) is 3.86. The van der Waals surface area contributed by atoms with Crippen molar-refractivity contribution in [3.63, 3.8) is 0 Å². The molecule has 292 valence electrons. The number of likely N-dealkylation sites (tertiary alicyclic amines) is 1. The molecule has 0 bridgehead atoms. The SMILES string of the molecule is CCOCCOCCCCC(=O)NCCCN(CCCNC(C)C)C(=O)Oc1ccc(C)c2c1O[C@H]1C(=O)CC[C@@]3(O)[C@@H](C)N(CC4CC4)CC[C@]213. The van der Waals surface area contributed by atoms with Gasteiger partial charge in [-0.25, -0.2) is 4.79 Å². The molecule has 4 atom stereocenters. The molecule has 3 N–H and O–H groups in total. The normalized spacial score (nSPS) is 25.3. The van der Waals surface area contributed by atoms with E-state index < -0.39 is 23.2 Å². The molecular formula is C40H64N4O8. The lowest BCUT2D eigenvalue weighted by atomic mass is 9.52. The van der Waals surface area contributed by atoms with Crippen molar-refractivity contribution < 1.29 is 38.4 Å². The maximum absolute atomic E-state index is 13.9. The largest absolute Gasteiger partial charge is 0.477 e. The fourth-order valence-electron chi connectivity index (χ4n) is 8.52. The number of nitrogens with zero attached hydrogens (tertiary/aromatic N) is 2. The number of ether oxygens (including phenoxy) is 4. The van der Waals surface area contributed by atoms with Crippen molar-refractivity contribution in [1.82, 2.24) is 20.4 Å². The summed E-state index contributed by atoms with van der Waals surface area (Å²) in [6.45, 7) is 16.5. The molecule has 0 unspecified atom stereocenters. The first-order valence-corrected chi connectivity index (χ1v) is 19.9. The Labute approximate surface area is 310 Å². The second-order valence-corrected chi connectivity index (χ2v) is 15.6. The fraction of sp³-hybridized carbons (Fsp3) is 0.775. The van der Waals surface area contributed by atoms with Gasteiger partial charge in [-0.3, -0.25) is 14.5 Å². The molecule has 1 spiro atoms. The van der Waals surface area contributed by atoms with Gasteiger partial charge in [0, 0.05) is 69.9 Å². The van der Waals surface area contributed by atoms with Gasteiger partial charge in [-0.1, -0.05) is 19.9 Å². The van der Waals surface area contributed by atoms with Crippen molar-refractivity contribution in [2.24, 2.45) is 5.92 Å². The number of hydrogen-bond acceptors (Lipinski definition) is 10. The number of nitrogens with one attached hydrogen (secondary N) is 2. The van der Waals surface area contributed by atoms with Gasteiger partial charge in [-0.05, 0) is 103 Å². The van der Waals surface area contributed by atoms with Crippen molar-refractivity contribution in [3.8, 4) is 11.5 Å². The first-order valence-electron chi connectivity index (χ1n) is 19.9. The molecule has 12 nitrogen and oxygen atoms in total. The van der Waals surface area contributed by atoms with E-state index in [9.17, 15) is 19.5 Å². The van der Waals surface area contributed by atoms with Crippen LogP contribution in [0.3, 0.4) is 0 Å². The lowest BCUT2D eigenvalue weighted by molar-refractivity contribution is -0.181. The minimum absolute atomic E-state index is 0.00688. The minimum atomic E-state index is -1.16. The van der Waals surface area contributed by atoms with Crippen LogP contribution < -0.4 is 20.1 Å². The first-order chi connectivity index (χ1) is 25.0. The summed E-state index contributed by atoms with van der Waals surface area (Å²) in [5, 5.41) is 19.1. The zero-order chi connectivity index (χ0) is 37.3. The number of piperidine rings is 1. The quantitative estimate of drug-likeness (QED) is 0.155. The highest BCUT2D eigenvalue weighted by Crippen LogP contribution is 2.62. The number of aliphatic hydroxyl groups is 1. The summed E-state index contributed by atoms with van der Waals surface area (Å²) in [6.07, 6.45) is 5.68. The summed E-state index contributed by atoms with van der Waals surface area (Å²) in [6, 6.07) is 3.86. The zero-order valence-electron chi connectivity index (χ0n) is 32.3. The number of carbonyl (C=O) groups excluding carboxylic acids is 3. The Morgan fingerprint density at radius 1 is 1.06 bits per heavy atom. The van der Waals surface area contributed by atoms with Crippen molar-refractivity contribution in [1.29, 1.82) is 0 Å². The summed E-state index contributed by atoms with van der Waals surface area (Å²) in [7, 11) is 0. The van der Waals surface area contributed by atoms with Crippen LogP contribution in [0.25, 0.3) is 0 Å². The third-order valence-corrected chi connectivity index (χ3v) is 11.6. The van der Waals surface area contributed by atoms with E-state index in [1.165, 1.54) is 12.8 Å². The summed E-state index contributed by atoms with van der Waals surface area (Å²) in [5.74, 6) is 1.35. The van der Waals surface area contributed by atoms with E-state index in [-0.39, 0.29) is 29.9 Å². The Hall–Kier alpha value is -2.77. The smallest absolute Gasteiger partial charge is 0.415 e. The Morgan fingerprint density at radius 2 is 1.81 bits per heavy atom. The average molecular weight is 729 g/mol. The van der Waals surface area contributed by atoms with Gasteiger partial charge in [0.1, 0.15) is 0 Å². The van der Waals surface area contributed by atoms with Crippen LogP contribution in [-0.4, -0.2) is 122 Å². The summed E-state index contributed by atoms with van der Waals surface area (Å²) in [4.78, 5) is 44.0. The molecule has 5 rings (SSSR count). The van der Waals surface area contributed by atoms with Gasteiger partial charge in [0.25, 0.3) is 0 Å². The predicted octanol–water partition coefficient (Wildman–Crippen LogP) is 4.51. The summed E-state index contributed by atoms with van der Waals surface area (Å²) < 4.78 is 23.5. The maximum Gasteiger partial charge on any atom is 0.415 e. The number of ketones is 1. The number of amides is 2. The monoisotopic (exact) mass is 728 g/mol. The molecule has 2 saturated carbocycles.